The van der Waals surface area contributed by atoms with Crippen LogP contribution in [0.5, 0.6) is 0 Å². The van der Waals surface area contributed by atoms with Gasteiger partial charge in [-0.3, -0.25) is 0 Å². The number of aromatic nitrogens is 12. The van der Waals surface area contributed by atoms with Crippen molar-refractivity contribution in [1.82, 2.24) is 59.8 Å². The van der Waals surface area contributed by atoms with Crippen LogP contribution in [0, 0.1) is 18.2 Å². The summed E-state index contributed by atoms with van der Waals surface area (Å²) in [7, 11) is 0. The van der Waals surface area contributed by atoms with E-state index in [2.05, 4.69) is 164 Å². The van der Waals surface area contributed by atoms with Gasteiger partial charge in [-0.1, -0.05) is 325 Å². The predicted octanol–water partition coefficient (Wildman–Crippen LogP) is 23.8. The summed E-state index contributed by atoms with van der Waals surface area (Å²) in [5.74, 6) is 5.15. The Balaban J connectivity index is 0.00000917. The van der Waals surface area contributed by atoms with Gasteiger partial charge in [0.2, 0.25) is 0 Å². The first-order chi connectivity index (χ1) is 56.4. The van der Waals surface area contributed by atoms with Crippen LogP contribution in [0.2, 0.25) is 0 Å². The number of rotatable bonds is 18. The maximum Gasteiger partial charge on any atom is 3.00 e. The molecule has 0 atom stereocenters. The quantitative estimate of drug-likeness (QED) is 0.0751. The molecule has 0 fully saturated rings. The largest absolute Gasteiger partial charge is 3.00 e. The van der Waals surface area contributed by atoms with E-state index in [9.17, 15) is 0 Å². The standard InChI is InChI=1S/C102H63N12.Ir/c1-7-25-73(26-8-1)94-106-95(74-27-9-2-10-28-74)110-100(109-94)79-55-58-91(103-64-79)70-49-43-67(44-50-70)85-37-19-22-40-88(85)82-61-83(89-41-23-20-38-86(89)68-45-51-71(52-46-68)92-59-56-80(65-104-92)101-111-96(75-29-11-3-12-30-75)107-97(112-101)76-31-13-4-14-32-76)63-84(62-82)90-42-24-21-39-87(90)69-47-53-72(54-48-69)93-60-57-81(66-105-93)102-113-98(77-33-15-5-16-34-77)108-99(114-102)78-35-17-6-18-36-78;/h1-49,51,53,55-66H;/q-3;+3. The molecule has 0 radical (unpaired) electrons. The van der Waals surface area contributed by atoms with E-state index < -0.39 is 0 Å². The van der Waals surface area contributed by atoms with E-state index in [1.807, 2.05) is 237 Å². The van der Waals surface area contributed by atoms with E-state index in [0.717, 1.165) is 151 Å². The molecule has 0 bridgehead atoms. The van der Waals surface area contributed by atoms with Crippen LogP contribution >= 0.6 is 0 Å². The minimum atomic E-state index is 0. The first-order valence-electron chi connectivity index (χ1n) is 37.5. The molecule has 0 aliphatic rings. The molecule has 19 aromatic rings. The van der Waals surface area contributed by atoms with Gasteiger partial charge in [0.15, 0.2) is 52.4 Å². The molecule has 115 heavy (non-hydrogen) atoms. The van der Waals surface area contributed by atoms with Gasteiger partial charge in [0.1, 0.15) is 0 Å². The first-order valence-corrected chi connectivity index (χ1v) is 37.5. The second-order valence-electron chi connectivity index (χ2n) is 27.3. The van der Waals surface area contributed by atoms with Gasteiger partial charge in [-0.25, -0.2) is 44.9 Å². The van der Waals surface area contributed by atoms with Crippen LogP contribution in [0.25, 0.3) is 203 Å². The Kier molecular flexibility index (Phi) is 20.2. The third-order valence-corrected chi connectivity index (χ3v) is 20.0. The van der Waals surface area contributed by atoms with Gasteiger partial charge in [-0.2, -0.15) is 0 Å². The molecule has 13 heteroatoms. The topological polar surface area (TPSA) is 155 Å². The summed E-state index contributed by atoms with van der Waals surface area (Å²) in [6, 6.07) is 135. The van der Waals surface area contributed by atoms with Crippen LogP contribution in [-0.4, -0.2) is 59.8 Å². The number of hydrogen-bond donors (Lipinski definition) is 0. The van der Waals surface area contributed by atoms with Crippen LogP contribution in [0.1, 0.15) is 0 Å². The van der Waals surface area contributed by atoms with Crippen LogP contribution in [0.3, 0.4) is 0 Å². The molecule has 540 valence electrons. The Labute approximate surface area is 679 Å². The Morgan fingerprint density at radius 1 is 0.157 bits per heavy atom. The van der Waals surface area contributed by atoms with E-state index in [1.165, 1.54) is 0 Å². The molecule has 6 aromatic heterocycles. The van der Waals surface area contributed by atoms with Crippen molar-refractivity contribution in [2.75, 3.05) is 0 Å². The summed E-state index contributed by atoms with van der Waals surface area (Å²) in [5.41, 5.74) is 25.0. The molecule has 0 unspecified atom stereocenters. The Bertz CT molecular complexity index is 5800. The van der Waals surface area contributed by atoms with Crippen molar-refractivity contribution in [3.63, 3.8) is 0 Å². The van der Waals surface area contributed by atoms with E-state index in [-0.39, 0.29) is 20.1 Å². The Morgan fingerprint density at radius 3 is 0.522 bits per heavy atom. The zero-order chi connectivity index (χ0) is 75.9. The molecular weight excluding hydrogens is 1590 g/mol. The van der Waals surface area contributed by atoms with E-state index in [0.29, 0.717) is 52.4 Å². The van der Waals surface area contributed by atoms with Crippen LogP contribution < -0.4 is 0 Å². The van der Waals surface area contributed by atoms with Gasteiger partial charge < -0.3 is 15.0 Å². The average molecular weight is 1650 g/mol. The maximum absolute atomic E-state index is 4.98. The molecular formula is C102H63IrN12. The summed E-state index contributed by atoms with van der Waals surface area (Å²) >= 11 is 0. The molecule has 0 spiro atoms. The maximum atomic E-state index is 4.98. The third-order valence-electron chi connectivity index (χ3n) is 20.0. The van der Waals surface area contributed by atoms with Gasteiger partial charge >= 0.3 is 20.1 Å². The fourth-order valence-electron chi connectivity index (χ4n) is 14.2. The molecule has 0 aliphatic carbocycles. The van der Waals surface area contributed by atoms with Gasteiger partial charge in [0, 0.05) is 68.7 Å². The molecule has 13 aromatic carbocycles. The van der Waals surface area contributed by atoms with E-state index in [4.69, 9.17) is 59.8 Å². The smallest absolute Gasteiger partial charge is 0.304 e. The third kappa shape index (κ3) is 15.4. The monoisotopic (exact) mass is 1650 g/mol. The van der Waals surface area contributed by atoms with Crippen LogP contribution in [0.4, 0.5) is 0 Å². The number of nitrogens with zero attached hydrogens (tertiary/aromatic N) is 12. The normalized spacial score (nSPS) is 11.1. The molecule has 19 rings (SSSR count). The van der Waals surface area contributed by atoms with Gasteiger partial charge in [0.05, 0.1) is 0 Å². The van der Waals surface area contributed by atoms with E-state index in [1.54, 1.807) is 0 Å². The summed E-state index contributed by atoms with van der Waals surface area (Å²) in [6.07, 6.45) is 5.48. The molecule has 0 N–H and O–H groups in total. The van der Waals surface area contributed by atoms with Crippen molar-refractivity contribution in [2.45, 2.75) is 0 Å². The average Bonchev–Trinajstić information content (AvgIpc) is 0.747. The SMILES string of the molecule is [Ir+3].[c-]1cc(-c2ccccc2-c2cc(-c3ccccc3-c3c[c-]c(-c4ccc(-c5nc(-c6ccccc6)nc(-c6ccccc6)n5)cn4)cc3)cc(-c3ccccc3-c3c[c-]c(-c4ccc(-c5nc(-c6ccccc6)nc(-c6ccccc6)n5)cn4)cc3)c2)ccc1-c1ccc(-c2nc(-c3ccccc3)nc(-c3ccccc3)n2)cn1. The van der Waals surface area contributed by atoms with Crippen molar-refractivity contribution in [3.05, 3.63) is 401 Å². The van der Waals surface area contributed by atoms with Crippen molar-refractivity contribution >= 4 is 0 Å². The van der Waals surface area contributed by atoms with Gasteiger partial charge in [-0.15, -0.1) is 89.5 Å². The zero-order valence-corrected chi connectivity index (χ0v) is 64.0. The summed E-state index contributed by atoms with van der Waals surface area (Å²) in [4.78, 5) is 59.3. The van der Waals surface area contributed by atoms with Crippen molar-refractivity contribution in [1.29, 1.82) is 0 Å². The Hall–Kier alpha value is -15.0. The van der Waals surface area contributed by atoms with Crippen molar-refractivity contribution in [3.8, 4) is 203 Å². The fourth-order valence-corrected chi connectivity index (χ4v) is 14.2. The molecule has 0 aliphatic heterocycles. The molecule has 0 amide bonds. The van der Waals surface area contributed by atoms with E-state index >= 15 is 0 Å². The summed E-state index contributed by atoms with van der Waals surface area (Å²) in [6.45, 7) is 0. The van der Waals surface area contributed by atoms with Crippen molar-refractivity contribution in [2.24, 2.45) is 0 Å². The van der Waals surface area contributed by atoms with Crippen molar-refractivity contribution < 1.29 is 20.1 Å². The minimum absolute atomic E-state index is 0. The van der Waals surface area contributed by atoms with Gasteiger partial charge in [-0.05, 0) is 68.7 Å². The summed E-state index contributed by atoms with van der Waals surface area (Å²) in [5, 5.41) is 0. The molecule has 12 nitrogen and oxygen atoms in total. The fraction of sp³-hybridized carbons (Fsp3) is 0. The number of pyridine rings is 3. The zero-order valence-electron chi connectivity index (χ0n) is 61.6. The molecule has 0 saturated heterocycles. The number of benzene rings is 13. The molecule has 0 saturated carbocycles. The predicted molar refractivity (Wildman–Crippen MR) is 454 cm³/mol. The van der Waals surface area contributed by atoms with Gasteiger partial charge in [0.25, 0.3) is 0 Å². The second-order valence-corrected chi connectivity index (χ2v) is 27.3. The summed E-state index contributed by atoms with van der Waals surface area (Å²) < 4.78 is 0. The Morgan fingerprint density at radius 2 is 0.339 bits per heavy atom. The minimum Gasteiger partial charge on any atom is -0.304 e. The van der Waals surface area contributed by atoms with Crippen LogP contribution in [0.15, 0.2) is 383 Å². The second kappa shape index (κ2) is 32.5. The van der Waals surface area contributed by atoms with Crippen LogP contribution in [-0.2, 0) is 20.1 Å². The molecule has 6 heterocycles. The first kappa shape index (κ1) is 71.6. The number of hydrogen-bond acceptors (Lipinski definition) is 12.